The molecular formula is C14H25NO11. The first-order valence-corrected chi connectivity index (χ1v) is 8.06. The maximum absolute atomic E-state index is 11.2. The lowest BCUT2D eigenvalue weighted by Gasteiger charge is -2.46. The number of aliphatic hydroxyl groups excluding tert-OH is 7. The van der Waals surface area contributed by atoms with Gasteiger partial charge in [-0.1, -0.05) is 0 Å². The molecule has 2 rings (SSSR count). The fraction of sp³-hybridized carbons (Fsp3) is 0.929. The van der Waals surface area contributed by atoms with Crippen LogP contribution in [0.1, 0.15) is 6.92 Å². The Morgan fingerprint density at radius 1 is 0.923 bits per heavy atom. The number of amides is 1. The van der Waals surface area contributed by atoms with E-state index in [9.17, 15) is 40.5 Å². The molecule has 0 aromatic rings. The zero-order chi connectivity index (χ0) is 19.6. The Balaban J connectivity index is 2.16. The average molecular weight is 383 g/mol. The maximum Gasteiger partial charge on any atom is 0.217 e. The van der Waals surface area contributed by atoms with Crippen molar-refractivity contribution >= 4 is 5.91 Å². The molecule has 2 aliphatic rings. The number of ether oxygens (including phenoxy) is 3. The quantitative estimate of drug-likeness (QED) is 0.226. The van der Waals surface area contributed by atoms with Crippen LogP contribution in [0, 0.1) is 0 Å². The van der Waals surface area contributed by atoms with Crippen LogP contribution in [0.5, 0.6) is 0 Å². The summed E-state index contributed by atoms with van der Waals surface area (Å²) >= 11 is 0. The number of hydrogen-bond donors (Lipinski definition) is 8. The standard InChI is InChI=1S/C14H25NO11/c1-4(18)15-7-9(20)12(6(3-17)24-13(7)23)26-14-11(22)10(21)8(19)5(2-16)25-14/h5-14,16-17,19-23H,2-3H2,1H3,(H,15,18)/t5?,6?,7-,8-,9?,10-,11?,12+,13+,14-/m0/s1. The molecule has 26 heavy (non-hydrogen) atoms. The van der Waals surface area contributed by atoms with Gasteiger partial charge in [0.25, 0.3) is 0 Å². The molecule has 1 amide bonds. The van der Waals surface area contributed by atoms with Crippen LogP contribution in [0.2, 0.25) is 0 Å². The first-order valence-electron chi connectivity index (χ1n) is 8.06. The van der Waals surface area contributed by atoms with Crippen LogP contribution in [0.4, 0.5) is 0 Å². The third-order valence-corrected chi connectivity index (χ3v) is 4.38. The number of hydrogen-bond acceptors (Lipinski definition) is 11. The van der Waals surface area contributed by atoms with Crippen molar-refractivity contribution in [2.45, 2.75) is 68.3 Å². The highest BCUT2D eigenvalue weighted by Crippen LogP contribution is 2.28. The summed E-state index contributed by atoms with van der Waals surface area (Å²) in [5, 5.41) is 70.7. The van der Waals surface area contributed by atoms with Gasteiger partial charge in [-0.15, -0.1) is 0 Å². The number of carbonyl (C=O) groups is 1. The summed E-state index contributed by atoms with van der Waals surface area (Å²) in [6.45, 7) is -0.195. The summed E-state index contributed by atoms with van der Waals surface area (Å²) in [5.74, 6) is -0.564. The zero-order valence-electron chi connectivity index (χ0n) is 14.0. The Hall–Kier alpha value is -0.930. The summed E-state index contributed by atoms with van der Waals surface area (Å²) in [7, 11) is 0. The molecular weight excluding hydrogens is 358 g/mol. The van der Waals surface area contributed by atoms with Crippen LogP contribution in [-0.2, 0) is 19.0 Å². The molecule has 2 aliphatic heterocycles. The molecule has 10 atom stereocenters. The molecule has 0 saturated carbocycles. The van der Waals surface area contributed by atoms with E-state index in [-0.39, 0.29) is 0 Å². The van der Waals surface area contributed by atoms with Gasteiger partial charge in [0, 0.05) is 6.92 Å². The van der Waals surface area contributed by atoms with Crippen LogP contribution in [0.15, 0.2) is 0 Å². The minimum Gasteiger partial charge on any atom is -0.394 e. The smallest absolute Gasteiger partial charge is 0.217 e. The van der Waals surface area contributed by atoms with Crippen molar-refractivity contribution in [3.63, 3.8) is 0 Å². The van der Waals surface area contributed by atoms with Gasteiger partial charge in [-0.05, 0) is 0 Å². The number of carbonyl (C=O) groups excluding carboxylic acids is 1. The third kappa shape index (κ3) is 4.31. The lowest BCUT2D eigenvalue weighted by molar-refractivity contribution is -0.345. The van der Waals surface area contributed by atoms with Crippen LogP contribution >= 0.6 is 0 Å². The second-order valence-corrected chi connectivity index (χ2v) is 6.26. The SMILES string of the molecule is CC(=O)N[C@H]1C(O)[C@H](O[C@@H]2OC(CO)[C@H](O)[C@H](O)C2O)C(CO)O[C@H]1O. The summed E-state index contributed by atoms with van der Waals surface area (Å²) < 4.78 is 15.7. The normalized spacial score (nSPS) is 46.8. The lowest BCUT2D eigenvalue weighted by Crippen LogP contribution is -2.67. The van der Waals surface area contributed by atoms with Gasteiger partial charge < -0.3 is 55.3 Å². The molecule has 0 aromatic heterocycles. The molecule has 12 heteroatoms. The first-order chi connectivity index (χ1) is 12.2. The van der Waals surface area contributed by atoms with Crippen LogP contribution in [-0.4, -0.2) is 116 Å². The summed E-state index contributed by atoms with van der Waals surface area (Å²) in [4.78, 5) is 11.2. The fourth-order valence-electron chi connectivity index (χ4n) is 2.98. The number of aliphatic hydroxyl groups is 7. The monoisotopic (exact) mass is 383 g/mol. The molecule has 8 N–H and O–H groups in total. The van der Waals surface area contributed by atoms with Crippen LogP contribution in [0.25, 0.3) is 0 Å². The topological polar surface area (TPSA) is 198 Å². The zero-order valence-corrected chi connectivity index (χ0v) is 14.0. The van der Waals surface area contributed by atoms with E-state index in [4.69, 9.17) is 14.2 Å². The van der Waals surface area contributed by atoms with Crippen molar-refractivity contribution in [3.05, 3.63) is 0 Å². The highest BCUT2D eigenvalue weighted by atomic mass is 16.7. The predicted molar refractivity (Wildman–Crippen MR) is 80.2 cm³/mol. The molecule has 4 unspecified atom stereocenters. The molecule has 2 saturated heterocycles. The molecule has 2 heterocycles. The third-order valence-electron chi connectivity index (χ3n) is 4.38. The van der Waals surface area contributed by atoms with E-state index in [1.54, 1.807) is 0 Å². The van der Waals surface area contributed by atoms with Gasteiger partial charge in [0.2, 0.25) is 5.91 Å². The highest BCUT2D eigenvalue weighted by Gasteiger charge is 2.50. The van der Waals surface area contributed by atoms with Gasteiger partial charge >= 0.3 is 0 Å². The minimum absolute atomic E-state index is 0.564. The van der Waals surface area contributed by atoms with Crippen molar-refractivity contribution in [1.29, 1.82) is 0 Å². The molecule has 0 aromatic carbocycles. The second kappa shape index (κ2) is 8.84. The van der Waals surface area contributed by atoms with Gasteiger partial charge in [0.05, 0.1) is 13.2 Å². The van der Waals surface area contributed by atoms with Gasteiger partial charge in [-0.3, -0.25) is 4.79 Å². The lowest BCUT2D eigenvalue weighted by atomic mass is 9.95. The van der Waals surface area contributed by atoms with Crippen molar-refractivity contribution in [2.75, 3.05) is 13.2 Å². The fourth-order valence-corrected chi connectivity index (χ4v) is 2.98. The van der Waals surface area contributed by atoms with Crippen molar-refractivity contribution in [2.24, 2.45) is 0 Å². The van der Waals surface area contributed by atoms with Gasteiger partial charge in [0.1, 0.15) is 48.8 Å². The highest BCUT2D eigenvalue weighted by molar-refractivity contribution is 5.73. The first kappa shape index (κ1) is 21.4. The summed E-state index contributed by atoms with van der Waals surface area (Å²) in [5.41, 5.74) is 0. The molecule has 0 aliphatic carbocycles. The van der Waals surface area contributed by atoms with Crippen LogP contribution in [0.3, 0.4) is 0 Å². The average Bonchev–Trinajstić information content (AvgIpc) is 2.60. The van der Waals surface area contributed by atoms with Crippen LogP contribution < -0.4 is 5.32 Å². The Bertz CT molecular complexity index is 478. The van der Waals surface area contributed by atoms with E-state index in [2.05, 4.69) is 5.32 Å². The van der Waals surface area contributed by atoms with Gasteiger partial charge in [-0.25, -0.2) is 0 Å². The second-order valence-electron chi connectivity index (χ2n) is 6.26. The van der Waals surface area contributed by atoms with Crippen molar-refractivity contribution in [1.82, 2.24) is 5.32 Å². The van der Waals surface area contributed by atoms with Gasteiger partial charge in [-0.2, -0.15) is 0 Å². The Morgan fingerprint density at radius 2 is 1.54 bits per heavy atom. The van der Waals surface area contributed by atoms with E-state index in [1.807, 2.05) is 0 Å². The molecule has 0 spiro atoms. The Labute approximate surface area is 148 Å². The molecule has 0 radical (unpaired) electrons. The van der Waals surface area contributed by atoms with Gasteiger partial charge in [0.15, 0.2) is 12.6 Å². The van der Waals surface area contributed by atoms with E-state index in [0.29, 0.717) is 0 Å². The molecule has 0 bridgehead atoms. The molecule has 12 nitrogen and oxygen atoms in total. The Kier molecular flexibility index (Phi) is 7.27. The number of nitrogens with one attached hydrogen (secondary N) is 1. The summed E-state index contributed by atoms with van der Waals surface area (Å²) in [6, 6.07) is -1.29. The van der Waals surface area contributed by atoms with E-state index >= 15 is 0 Å². The van der Waals surface area contributed by atoms with E-state index in [0.717, 1.165) is 6.92 Å². The van der Waals surface area contributed by atoms with Crippen molar-refractivity contribution < 1.29 is 54.8 Å². The predicted octanol–water partition coefficient (Wildman–Crippen LogP) is -5.25. The minimum atomic E-state index is -1.73. The van der Waals surface area contributed by atoms with E-state index < -0.39 is 80.5 Å². The van der Waals surface area contributed by atoms with Crippen molar-refractivity contribution in [3.8, 4) is 0 Å². The molecule has 152 valence electrons. The van der Waals surface area contributed by atoms with E-state index in [1.165, 1.54) is 0 Å². The Morgan fingerprint density at radius 3 is 2.08 bits per heavy atom. The maximum atomic E-state index is 11.2. The largest absolute Gasteiger partial charge is 0.394 e. The summed E-state index contributed by atoms with van der Waals surface area (Å²) in [6.07, 6.45) is -13.6. The number of rotatable bonds is 5. The molecule has 2 fully saturated rings.